The van der Waals surface area contributed by atoms with Crippen LogP contribution in [-0.2, 0) is 6.54 Å². The number of aromatic nitrogens is 4. The van der Waals surface area contributed by atoms with E-state index in [2.05, 4.69) is 15.1 Å². The van der Waals surface area contributed by atoms with Gasteiger partial charge in [0.25, 0.3) is 5.56 Å². The lowest BCUT2D eigenvalue weighted by Crippen LogP contribution is -2.10. The second-order valence-electron chi connectivity index (χ2n) is 4.18. The molecular weight excluding hydrogens is 228 g/mol. The summed E-state index contributed by atoms with van der Waals surface area (Å²) in [6.45, 7) is 2.38. The standard InChI is InChI=1S/C13H12N4O/c1-9-15-12-11(13(18)16-9)7-14-17(12)8-10-5-3-2-4-6-10/h2-7H,8H2,1H3,(H,15,16,18). The average Bonchev–Trinajstić information content (AvgIpc) is 2.74. The molecule has 1 aromatic carbocycles. The Kier molecular flexibility index (Phi) is 2.44. The first-order valence-electron chi connectivity index (χ1n) is 5.70. The Morgan fingerprint density at radius 3 is 2.83 bits per heavy atom. The highest BCUT2D eigenvalue weighted by molar-refractivity contribution is 5.73. The molecule has 0 unspecified atom stereocenters. The second kappa shape index (κ2) is 4.10. The highest BCUT2D eigenvalue weighted by Crippen LogP contribution is 2.09. The smallest absolute Gasteiger partial charge is 0.262 e. The fourth-order valence-electron chi connectivity index (χ4n) is 1.95. The Labute approximate surface area is 103 Å². The molecule has 2 heterocycles. The van der Waals surface area contributed by atoms with Crippen LogP contribution in [0.1, 0.15) is 11.4 Å². The van der Waals surface area contributed by atoms with Gasteiger partial charge in [0, 0.05) is 0 Å². The van der Waals surface area contributed by atoms with Crippen molar-refractivity contribution < 1.29 is 0 Å². The molecule has 3 aromatic rings. The minimum absolute atomic E-state index is 0.142. The largest absolute Gasteiger partial charge is 0.310 e. The summed E-state index contributed by atoms with van der Waals surface area (Å²) in [4.78, 5) is 18.7. The van der Waals surface area contributed by atoms with E-state index in [1.54, 1.807) is 17.8 Å². The number of rotatable bonds is 2. The van der Waals surface area contributed by atoms with Gasteiger partial charge >= 0.3 is 0 Å². The van der Waals surface area contributed by atoms with Crippen molar-refractivity contribution in [2.45, 2.75) is 13.5 Å². The molecule has 1 N–H and O–H groups in total. The predicted molar refractivity (Wildman–Crippen MR) is 68.4 cm³/mol. The van der Waals surface area contributed by atoms with Gasteiger partial charge in [-0.05, 0) is 12.5 Å². The quantitative estimate of drug-likeness (QED) is 0.737. The molecule has 90 valence electrons. The van der Waals surface area contributed by atoms with Gasteiger partial charge in [0.1, 0.15) is 11.2 Å². The summed E-state index contributed by atoms with van der Waals surface area (Å²) in [6.07, 6.45) is 1.56. The van der Waals surface area contributed by atoms with Gasteiger partial charge in [-0.15, -0.1) is 0 Å². The fraction of sp³-hybridized carbons (Fsp3) is 0.154. The summed E-state index contributed by atoms with van der Waals surface area (Å²) in [7, 11) is 0. The zero-order chi connectivity index (χ0) is 12.5. The van der Waals surface area contributed by atoms with E-state index < -0.39 is 0 Å². The Morgan fingerprint density at radius 2 is 2.06 bits per heavy atom. The van der Waals surface area contributed by atoms with E-state index >= 15 is 0 Å². The number of hydrogen-bond acceptors (Lipinski definition) is 3. The molecule has 0 aliphatic heterocycles. The molecule has 0 atom stereocenters. The molecule has 0 saturated heterocycles. The van der Waals surface area contributed by atoms with Crippen molar-refractivity contribution in [1.29, 1.82) is 0 Å². The van der Waals surface area contributed by atoms with Crippen molar-refractivity contribution in [1.82, 2.24) is 19.7 Å². The Balaban J connectivity index is 2.11. The second-order valence-corrected chi connectivity index (χ2v) is 4.18. The van der Waals surface area contributed by atoms with Gasteiger partial charge in [-0.25, -0.2) is 9.67 Å². The minimum Gasteiger partial charge on any atom is -0.310 e. The third-order valence-corrected chi connectivity index (χ3v) is 2.80. The summed E-state index contributed by atoms with van der Waals surface area (Å²) < 4.78 is 1.74. The topological polar surface area (TPSA) is 63.6 Å². The van der Waals surface area contributed by atoms with Gasteiger partial charge in [0.05, 0.1) is 12.7 Å². The van der Waals surface area contributed by atoms with Crippen LogP contribution >= 0.6 is 0 Å². The number of aryl methyl sites for hydroxylation is 1. The van der Waals surface area contributed by atoms with E-state index in [0.717, 1.165) is 5.56 Å². The molecule has 0 fully saturated rings. The maximum Gasteiger partial charge on any atom is 0.262 e. The first kappa shape index (κ1) is 10.7. The number of H-pyrrole nitrogens is 1. The van der Waals surface area contributed by atoms with Gasteiger partial charge in [-0.1, -0.05) is 30.3 Å². The summed E-state index contributed by atoms with van der Waals surface area (Å²) in [5.41, 5.74) is 1.61. The van der Waals surface area contributed by atoms with Gasteiger partial charge < -0.3 is 4.98 Å². The molecular formula is C13H12N4O. The summed E-state index contributed by atoms with van der Waals surface area (Å²) in [5, 5.41) is 4.75. The fourth-order valence-corrected chi connectivity index (χ4v) is 1.95. The molecule has 0 aliphatic carbocycles. The van der Waals surface area contributed by atoms with E-state index in [-0.39, 0.29) is 5.56 Å². The number of nitrogens with zero attached hydrogens (tertiary/aromatic N) is 3. The van der Waals surface area contributed by atoms with E-state index in [9.17, 15) is 4.79 Å². The van der Waals surface area contributed by atoms with Crippen LogP contribution in [0.2, 0.25) is 0 Å². The number of nitrogens with one attached hydrogen (secondary N) is 1. The minimum atomic E-state index is -0.142. The molecule has 3 rings (SSSR count). The van der Waals surface area contributed by atoms with E-state index in [4.69, 9.17) is 0 Å². The van der Waals surface area contributed by atoms with Crippen LogP contribution in [0.3, 0.4) is 0 Å². The van der Waals surface area contributed by atoms with Crippen LogP contribution < -0.4 is 5.56 Å². The Bertz CT molecular complexity index is 743. The van der Waals surface area contributed by atoms with Crippen molar-refractivity contribution in [3.8, 4) is 0 Å². The first-order chi connectivity index (χ1) is 8.74. The molecule has 0 bridgehead atoms. The Morgan fingerprint density at radius 1 is 1.28 bits per heavy atom. The third-order valence-electron chi connectivity index (χ3n) is 2.80. The van der Waals surface area contributed by atoms with Crippen molar-refractivity contribution in [2.24, 2.45) is 0 Å². The third kappa shape index (κ3) is 1.79. The van der Waals surface area contributed by atoms with Crippen LogP contribution in [0, 0.1) is 6.92 Å². The van der Waals surface area contributed by atoms with Crippen LogP contribution in [0.15, 0.2) is 41.3 Å². The zero-order valence-corrected chi connectivity index (χ0v) is 9.92. The summed E-state index contributed by atoms with van der Waals surface area (Å²) in [5.74, 6) is 0.599. The highest BCUT2D eigenvalue weighted by atomic mass is 16.1. The number of benzene rings is 1. The molecule has 0 radical (unpaired) electrons. The number of fused-ring (bicyclic) bond motifs is 1. The molecule has 2 aromatic heterocycles. The van der Waals surface area contributed by atoms with Crippen molar-refractivity contribution >= 4 is 11.0 Å². The molecule has 0 saturated carbocycles. The predicted octanol–water partition coefficient (Wildman–Crippen LogP) is 1.48. The van der Waals surface area contributed by atoms with Crippen LogP contribution in [0.25, 0.3) is 11.0 Å². The molecule has 5 nitrogen and oxygen atoms in total. The van der Waals surface area contributed by atoms with Crippen molar-refractivity contribution in [3.05, 3.63) is 58.3 Å². The maximum absolute atomic E-state index is 11.7. The monoisotopic (exact) mass is 240 g/mol. The number of hydrogen-bond donors (Lipinski definition) is 1. The Hall–Kier alpha value is -2.43. The van der Waals surface area contributed by atoms with Crippen LogP contribution in [0.5, 0.6) is 0 Å². The lowest BCUT2D eigenvalue weighted by atomic mass is 10.2. The maximum atomic E-state index is 11.7. The highest BCUT2D eigenvalue weighted by Gasteiger charge is 2.08. The van der Waals surface area contributed by atoms with E-state index in [1.807, 2.05) is 30.3 Å². The molecule has 0 aliphatic rings. The number of aromatic amines is 1. The van der Waals surface area contributed by atoms with E-state index in [0.29, 0.717) is 23.4 Å². The normalized spacial score (nSPS) is 10.9. The van der Waals surface area contributed by atoms with Crippen molar-refractivity contribution in [3.63, 3.8) is 0 Å². The lowest BCUT2D eigenvalue weighted by Gasteiger charge is -2.03. The molecule has 5 heteroatoms. The van der Waals surface area contributed by atoms with Gasteiger partial charge in [-0.2, -0.15) is 5.10 Å². The average molecular weight is 240 g/mol. The summed E-state index contributed by atoms with van der Waals surface area (Å²) in [6, 6.07) is 9.97. The molecule has 0 amide bonds. The van der Waals surface area contributed by atoms with Gasteiger partial charge in [0.15, 0.2) is 5.65 Å². The molecule has 18 heavy (non-hydrogen) atoms. The molecule has 0 spiro atoms. The zero-order valence-electron chi connectivity index (χ0n) is 9.92. The first-order valence-corrected chi connectivity index (χ1v) is 5.70. The van der Waals surface area contributed by atoms with Crippen LogP contribution in [0.4, 0.5) is 0 Å². The van der Waals surface area contributed by atoms with Gasteiger partial charge in [0.2, 0.25) is 0 Å². The SMILES string of the molecule is Cc1nc2c(cnn2Cc2ccccc2)c(=O)[nH]1. The lowest BCUT2D eigenvalue weighted by molar-refractivity contribution is 0.702. The van der Waals surface area contributed by atoms with Crippen LogP contribution in [-0.4, -0.2) is 19.7 Å². The summed E-state index contributed by atoms with van der Waals surface area (Å²) >= 11 is 0. The van der Waals surface area contributed by atoms with E-state index in [1.165, 1.54) is 0 Å². The van der Waals surface area contributed by atoms with Gasteiger partial charge in [-0.3, -0.25) is 4.79 Å². The van der Waals surface area contributed by atoms with Crippen molar-refractivity contribution in [2.75, 3.05) is 0 Å².